The van der Waals surface area contributed by atoms with Crippen molar-refractivity contribution in [1.29, 1.82) is 0 Å². The molecule has 0 unspecified atom stereocenters. The first kappa shape index (κ1) is 14.8. The Kier molecular flexibility index (Phi) is 9.00. The average Bonchev–Trinajstić information content (AvgIpc) is 2.29. The maximum atomic E-state index is 5.47. The van der Waals surface area contributed by atoms with E-state index >= 15 is 0 Å². The first-order valence-corrected chi connectivity index (χ1v) is 5.71. The molecule has 0 spiro atoms. The number of hydrogen-bond acceptors (Lipinski definition) is 4. The maximum Gasteiger partial charge on any atom is 0.412 e. The summed E-state index contributed by atoms with van der Waals surface area (Å²) in [5.41, 5.74) is 0. The van der Waals surface area contributed by atoms with Crippen LogP contribution in [0.3, 0.4) is 0 Å². The smallest absolute Gasteiger partial charge is 0.307 e. The van der Waals surface area contributed by atoms with Crippen molar-refractivity contribution in [1.82, 2.24) is 0 Å². The number of rotatable bonds is 10. The zero-order valence-corrected chi connectivity index (χ0v) is 10.4. The molecule has 4 heteroatoms. The normalized spacial score (nSPS) is 12.0. The Balaban J connectivity index is 4.16. The third kappa shape index (κ3) is 6.10. The number of methoxy groups -OCH3 is 1. The minimum atomic E-state index is -1.30. The molecule has 0 rings (SSSR count). The van der Waals surface area contributed by atoms with E-state index in [9.17, 15) is 0 Å². The Morgan fingerprint density at radius 3 is 1.27 bits per heavy atom. The Morgan fingerprint density at radius 1 is 0.733 bits per heavy atom. The van der Waals surface area contributed by atoms with Crippen LogP contribution < -0.4 is 0 Å². The van der Waals surface area contributed by atoms with Gasteiger partial charge >= 0.3 is 6.16 Å². The largest absolute Gasteiger partial charge is 0.412 e. The van der Waals surface area contributed by atoms with Crippen molar-refractivity contribution in [2.75, 3.05) is 26.9 Å². The van der Waals surface area contributed by atoms with E-state index in [0.29, 0.717) is 19.8 Å². The van der Waals surface area contributed by atoms with Crippen molar-refractivity contribution in [3.8, 4) is 0 Å². The number of hydrogen-bond donors (Lipinski definition) is 0. The zero-order valence-electron chi connectivity index (χ0n) is 10.4. The Bertz CT molecular complexity index is 117. The van der Waals surface area contributed by atoms with E-state index in [2.05, 4.69) is 0 Å². The molecule has 0 N–H and O–H groups in total. The summed E-state index contributed by atoms with van der Waals surface area (Å²) < 4.78 is 21.6. The summed E-state index contributed by atoms with van der Waals surface area (Å²) >= 11 is 0. The minimum Gasteiger partial charge on any atom is -0.307 e. The lowest BCUT2D eigenvalue weighted by Gasteiger charge is -2.30. The van der Waals surface area contributed by atoms with Crippen molar-refractivity contribution in [2.24, 2.45) is 0 Å². The van der Waals surface area contributed by atoms with Crippen molar-refractivity contribution in [3.05, 3.63) is 0 Å². The van der Waals surface area contributed by atoms with Gasteiger partial charge in [0.2, 0.25) is 0 Å². The summed E-state index contributed by atoms with van der Waals surface area (Å²) in [7, 11) is 1.53. The van der Waals surface area contributed by atoms with Crippen LogP contribution in [-0.2, 0) is 18.9 Å². The van der Waals surface area contributed by atoms with Gasteiger partial charge < -0.3 is 18.9 Å². The molecule has 0 radical (unpaired) electrons. The lowest BCUT2D eigenvalue weighted by Crippen LogP contribution is -2.42. The SMILES string of the molecule is CCCOC(OC)(OCCC)OCCC. The highest BCUT2D eigenvalue weighted by atomic mass is 17.0. The quantitative estimate of drug-likeness (QED) is 0.530. The molecule has 92 valence electrons. The van der Waals surface area contributed by atoms with E-state index in [1.165, 1.54) is 7.11 Å². The Hall–Kier alpha value is -0.160. The van der Waals surface area contributed by atoms with Crippen LogP contribution in [0.25, 0.3) is 0 Å². The average molecular weight is 220 g/mol. The predicted octanol–water partition coefficient (Wildman–Crippen LogP) is 2.52. The zero-order chi connectivity index (χ0) is 11.6. The monoisotopic (exact) mass is 220 g/mol. The highest BCUT2D eigenvalue weighted by Gasteiger charge is 2.33. The van der Waals surface area contributed by atoms with Crippen LogP contribution in [0.4, 0.5) is 0 Å². The van der Waals surface area contributed by atoms with Gasteiger partial charge in [0, 0.05) is 7.11 Å². The summed E-state index contributed by atoms with van der Waals surface area (Å²) in [5, 5.41) is 0. The molecule has 0 aliphatic rings. The molecular weight excluding hydrogens is 196 g/mol. The highest BCUT2D eigenvalue weighted by Crippen LogP contribution is 2.17. The fourth-order valence-corrected chi connectivity index (χ4v) is 0.983. The predicted molar refractivity (Wildman–Crippen MR) is 58.5 cm³/mol. The molecule has 0 aromatic rings. The van der Waals surface area contributed by atoms with Gasteiger partial charge in [-0.15, -0.1) is 0 Å². The maximum absolute atomic E-state index is 5.47. The second kappa shape index (κ2) is 9.09. The van der Waals surface area contributed by atoms with Crippen LogP contribution in [0.5, 0.6) is 0 Å². The van der Waals surface area contributed by atoms with Gasteiger partial charge in [-0.3, -0.25) is 0 Å². The van der Waals surface area contributed by atoms with Crippen LogP contribution in [0, 0.1) is 0 Å². The Morgan fingerprint density at radius 2 is 1.07 bits per heavy atom. The topological polar surface area (TPSA) is 36.9 Å². The molecule has 0 heterocycles. The van der Waals surface area contributed by atoms with Gasteiger partial charge in [-0.2, -0.15) is 0 Å². The highest BCUT2D eigenvalue weighted by molar-refractivity contribution is 4.43. The molecule has 15 heavy (non-hydrogen) atoms. The second-order valence-electron chi connectivity index (χ2n) is 3.25. The van der Waals surface area contributed by atoms with E-state index in [0.717, 1.165) is 19.3 Å². The van der Waals surface area contributed by atoms with Gasteiger partial charge in [0.1, 0.15) is 0 Å². The molecule has 0 saturated carbocycles. The van der Waals surface area contributed by atoms with Crippen molar-refractivity contribution < 1.29 is 18.9 Å². The van der Waals surface area contributed by atoms with E-state index in [1.807, 2.05) is 20.8 Å². The Labute approximate surface area is 92.8 Å². The van der Waals surface area contributed by atoms with Crippen LogP contribution in [0.1, 0.15) is 40.0 Å². The fourth-order valence-electron chi connectivity index (χ4n) is 0.983. The molecule has 0 saturated heterocycles. The minimum absolute atomic E-state index is 0.557. The van der Waals surface area contributed by atoms with Crippen LogP contribution in [-0.4, -0.2) is 33.1 Å². The van der Waals surface area contributed by atoms with E-state index < -0.39 is 6.16 Å². The molecule has 0 amide bonds. The van der Waals surface area contributed by atoms with Crippen molar-refractivity contribution in [2.45, 2.75) is 46.2 Å². The van der Waals surface area contributed by atoms with Crippen molar-refractivity contribution >= 4 is 0 Å². The second-order valence-corrected chi connectivity index (χ2v) is 3.25. The molecular formula is C11H24O4. The first-order chi connectivity index (χ1) is 7.24. The van der Waals surface area contributed by atoms with Gasteiger partial charge in [-0.25, -0.2) is 0 Å². The lowest BCUT2D eigenvalue weighted by molar-refractivity contribution is -0.492. The van der Waals surface area contributed by atoms with E-state index in [-0.39, 0.29) is 0 Å². The summed E-state index contributed by atoms with van der Waals surface area (Å²) in [5.74, 6) is 0. The first-order valence-electron chi connectivity index (χ1n) is 5.71. The molecule has 0 aromatic heterocycles. The van der Waals surface area contributed by atoms with Crippen molar-refractivity contribution in [3.63, 3.8) is 0 Å². The van der Waals surface area contributed by atoms with Crippen LogP contribution in [0.15, 0.2) is 0 Å². The fraction of sp³-hybridized carbons (Fsp3) is 1.00. The number of ether oxygens (including phenoxy) is 4. The molecule has 0 fully saturated rings. The van der Waals surface area contributed by atoms with E-state index in [1.54, 1.807) is 0 Å². The van der Waals surface area contributed by atoms with Crippen LogP contribution in [0.2, 0.25) is 0 Å². The summed E-state index contributed by atoms with van der Waals surface area (Å²) in [6.07, 6.45) is 1.39. The van der Waals surface area contributed by atoms with Gasteiger partial charge in [-0.05, 0) is 19.3 Å². The van der Waals surface area contributed by atoms with Gasteiger partial charge in [0.25, 0.3) is 0 Å². The molecule has 0 bridgehead atoms. The summed E-state index contributed by atoms with van der Waals surface area (Å²) in [4.78, 5) is 0. The van der Waals surface area contributed by atoms with E-state index in [4.69, 9.17) is 18.9 Å². The molecule has 0 atom stereocenters. The summed E-state index contributed by atoms with van der Waals surface area (Å²) in [6.45, 7) is 7.75. The van der Waals surface area contributed by atoms with Gasteiger partial charge in [-0.1, -0.05) is 20.8 Å². The third-order valence-corrected chi connectivity index (χ3v) is 1.70. The molecule has 0 aliphatic heterocycles. The molecule has 4 nitrogen and oxygen atoms in total. The standard InChI is InChI=1S/C11H24O4/c1-5-8-13-11(12-4,14-9-6-2)15-10-7-3/h5-10H2,1-4H3. The molecule has 0 aliphatic carbocycles. The van der Waals surface area contributed by atoms with Gasteiger partial charge in [0.05, 0.1) is 19.8 Å². The van der Waals surface area contributed by atoms with Gasteiger partial charge in [0.15, 0.2) is 0 Å². The summed E-state index contributed by atoms with van der Waals surface area (Å²) in [6, 6.07) is 0. The lowest BCUT2D eigenvalue weighted by atomic mass is 10.5. The molecule has 0 aromatic carbocycles. The third-order valence-electron chi connectivity index (χ3n) is 1.70. The van der Waals surface area contributed by atoms with Crippen LogP contribution >= 0.6 is 0 Å².